The third-order valence-electron chi connectivity index (χ3n) is 3.35. The van der Waals surface area contributed by atoms with Crippen molar-refractivity contribution in [1.82, 2.24) is 4.90 Å². The Morgan fingerprint density at radius 3 is 1.82 bits per heavy atom. The van der Waals surface area contributed by atoms with E-state index in [2.05, 4.69) is 0 Å². The fourth-order valence-corrected chi connectivity index (χ4v) is 2.01. The topological polar surface area (TPSA) is 57.6 Å². The zero-order valence-corrected chi connectivity index (χ0v) is 10.7. The first kappa shape index (κ1) is 13.7. The molecule has 1 amide bonds. The number of rotatable bonds is 2. The predicted molar refractivity (Wildman–Crippen MR) is 65.7 cm³/mol. The number of likely N-dealkylation sites (tertiary alicyclic amines) is 1. The highest BCUT2D eigenvalue weighted by molar-refractivity contribution is 6.01. The van der Waals surface area contributed by atoms with Gasteiger partial charge in [-0.25, -0.2) is 4.79 Å². The second kappa shape index (κ2) is 6.42. The molecule has 1 fully saturated rings. The fourth-order valence-electron chi connectivity index (χ4n) is 2.01. The number of hydrogen-bond acceptors (Lipinski definition) is 2. The Morgan fingerprint density at radius 1 is 0.882 bits per heavy atom. The van der Waals surface area contributed by atoms with Gasteiger partial charge in [-0.3, -0.25) is 4.79 Å². The first-order chi connectivity index (χ1) is 8.04. The second-order valence-corrected chi connectivity index (χ2v) is 4.62. The van der Waals surface area contributed by atoms with Gasteiger partial charge in [-0.1, -0.05) is 19.3 Å². The van der Waals surface area contributed by atoms with Crippen LogP contribution in [0.15, 0.2) is 11.1 Å². The molecule has 1 N–H and O–H groups in total. The fraction of sp³-hybridized carbons (Fsp3) is 0.692. The van der Waals surface area contributed by atoms with Crippen LogP contribution >= 0.6 is 0 Å². The maximum atomic E-state index is 12.1. The van der Waals surface area contributed by atoms with Gasteiger partial charge < -0.3 is 10.0 Å². The summed E-state index contributed by atoms with van der Waals surface area (Å²) in [6.45, 7) is 4.59. The zero-order valence-electron chi connectivity index (χ0n) is 10.7. The Kier molecular flexibility index (Phi) is 5.19. The first-order valence-electron chi connectivity index (χ1n) is 6.24. The van der Waals surface area contributed by atoms with Gasteiger partial charge in [0.2, 0.25) is 5.91 Å². The molecule has 0 aliphatic carbocycles. The van der Waals surface area contributed by atoms with E-state index in [1.165, 1.54) is 13.3 Å². The van der Waals surface area contributed by atoms with Gasteiger partial charge in [-0.2, -0.15) is 0 Å². The summed E-state index contributed by atoms with van der Waals surface area (Å²) in [6.07, 6.45) is 5.59. The maximum absolute atomic E-state index is 12.1. The van der Waals surface area contributed by atoms with Crippen molar-refractivity contribution in [2.45, 2.75) is 46.0 Å². The molecule has 0 aromatic rings. The quantitative estimate of drug-likeness (QED) is 0.751. The molecule has 96 valence electrons. The lowest BCUT2D eigenvalue weighted by atomic mass is 10.1. The molecule has 1 aliphatic heterocycles. The summed E-state index contributed by atoms with van der Waals surface area (Å²) in [7, 11) is 0. The zero-order chi connectivity index (χ0) is 12.8. The van der Waals surface area contributed by atoms with E-state index in [4.69, 9.17) is 5.11 Å². The van der Waals surface area contributed by atoms with Crippen LogP contribution in [0.3, 0.4) is 0 Å². The smallest absolute Gasteiger partial charge is 0.331 e. The number of carbonyl (C=O) groups is 2. The molecule has 0 radical (unpaired) electrons. The summed E-state index contributed by atoms with van der Waals surface area (Å²) in [6, 6.07) is 0. The molecular weight excluding hydrogens is 218 g/mol. The number of carboxylic acids is 1. The Hall–Kier alpha value is -1.32. The van der Waals surface area contributed by atoms with Crippen molar-refractivity contribution >= 4 is 11.9 Å². The third kappa shape index (κ3) is 3.88. The van der Waals surface area contributed by atoms with Gasteiger partial charge in [-0.05, 0) is 26.7 Å². The largest absolute Gasteiger partial charge is 0.478 e. The number of hydrogen-bond donors (Lipinski definition) is 1. The molecule has 1 heterocycles. The van der Waals surface area contributed by atoms with Crippen LogP contribution < -0.4 is 0 Å². The first-order valence-corrected chi connectivity index (χ1v) is 6.24. The van der Waals surface area contributed by atoms with Crippen LogP contribution in [-0.4, -0.2) is 35.0 Å². The van der Waals surface area contributed by atoms with Gasteiger partial charge in [0.05, 0.1) is 0 Å². The second-order valence-electron chi connectivity index (χ2n) is 4.62. The lowest BCUT2D eigenvalue weighted by molar-refractivity contribution is -0.134. The maximum Gasteiger partial charge on any atom is 0.331 e. The molecule has 1 aliphatic rings. The van der Waals surface area contributed by atoms with Crippen molar-refractivity contribution in [3.63, 3.8) is 0 Å². The number of carbonyl (C=O) groups excluding carboxylic acids is 1. The third-order valence-corrected chi connectivity index (χ3v) is 3.35. The van der Waals surface area contributed by atoms with E-state index in [9.17, 15) is 9.59 Å². The van der Waals surface area contributed by atoms with E-state index in [1.807, 2.05) is 0 Å². The van der Waals surface area contributed by atoms with Crippen LogP contribution in [0.5, 0.6) is 0 Å². The Bertz CT molecular complexity index is 326. The van der Waals surface area contributed by atoms with Crippen molar-refractivity contribution in [3.05, 3.63) is 11.1 Å². The Balaban J connectivity index is 2.73. The van der Waals surface area contributed by atoms with Gasteiger partial charge in [0, 0.05) is 24.2 Å². The molecule has 1 saturated heterocycles. The van der Waals surface area contributed by atoms with E-state index in [1.54, 1.807) is 11.8 Å². The van der Waals surface area contributed by atoms with E-state index in [-0.39, 0.29) is 11.5 Å². The molecule has 0 unspecified atom stereocenters. The Morgan fingerprint density at radius 2 is 1.35 bits per heavy atom. The molecule has 17 heavy (non-hydrogen) atoms. The average molecular weight is 239 g/mol. The highest BCUT2D eigenvalue weighted by Crippen LogP contribution is 2.14. The lowest BCUT2D eigenvalue weighted by Gasteiger charge is -2.25. The van der Waals surface area contributed by atoms with Crippen molar-refractivity contribution in [3.8, 4) is 0 Å². The minimum absolute atomic E-state index is 0.119. The van der Waals surface area contributed by atoms with E-state index in [0.717, 1.165) is 38.8 Å². The van der Waals surface area contributed by atoms with Crippen LogP contribution in [0, 0.1) is 0 Å². The number of nitrogens with zero attached hydrogens (tertiary/aromatic N) is 1. The van der Waals surface area contributed by atoms with E-state index >= 15 is 0 Å². The van der Waals surface area contributed by atoms with Gasteiger partial charge in [0.25, 0.3) is 0 Å². The van der Waals surface area contributed by atoms with Crippen LogP contribution in [0.4, 0.5) is 0 Å². The van der Waals surface area contributed by atoms with Gasteiger partial charge in [-0.15, -0.1) is 0 Å². The van der Waals surface area contributed by atoms with Crippen molar-refractivity contribution in [2.24, 2.45) is 0 Å². The number of amides is 1. The van der Waals surface area contributed by atoms with Crippen LogP contribution in [0.2, 0.25) is 0 Å². The summed E-state index contributed by atoms with van der Waals surface area (Å²) in [4.78, 5) is 24.7. The molecule has 0 spiro atoms. The van der Waals surface area contributed by atoms with Gasteiger partial charge in [0.1, 0.15) is 0 Å². The lowest BCUT2D eigenvalue weighted by Crippen LogP contribution is -2.35. The molecule has 4 nitrogen and oxygen atoms in total. The summed E-state index contributed by atoms with van der Waals surface area (Å²) in [5.74, 6) is -1.13. The van der Waals surface area contributed by atoms with Gasteiger partial charge in [0.15, 0.2) is 0 Å². The minimum Gasteiger partial charge on any atom is -0.478 e. The molecule has 0 aromatic carbocycles. The van der Waals surface area contributed by atoms with Gasteiger partial charge >= 0.3 is 5.97 Å². The molecule has 0 aromatic heterocycles. The summed E-state index contributed by atoms with van der Waals surface area (Å²) >= 11 is 0. The molecule has 0 saturated carbocycles. The molecule has 0 bridgehead atoms. The van der Waals surface area contributed by atoms with Crippen LogP contribution in [-0.2, 0) is 9.59 Å². The molecule has 0 atom stereocenters. The molecule has 1 rings (SSSR count). The summed E-state index contributed by atoms with van der Waals surface area (Å²) < 4.78 is 0. The van der Waals surface area contributed by atoms with E-state index in [0.29, 0.717) is 5.57 Å². The van der Waals surface area contributed by atoms with Crippen LogP contribution in [0.1, 0.15) is 46.0 Å². The van der Waals surface area contributed by atoms with E-state index < -0.39 is 5.97 Å². The highest BCUT2D eigenvalue weighted by atomic mass is 16.4. The monoisotopic (exact) mass is 239 g/mol. The summed E-state index contributed by atoms with van der Waals surface area (Å²) in [5, 5.41) is 8.87. The normalized spacial score (nSPS) is 19.1. The number of aliphatic carboxylic acids is 1. The van der Waals surface area contributed by atoms with Crippen molar-refractivity contribution in [2.75, 3.05) is 13.1 Å². The minimum atomic E-state index is -1.01. The standard InChI is InChI=1S/C13H21NO3/c1-10(11(2)13(16)17)12(15)14-8-6-4-3-5-7-9-14/h3-9H2,1-2H3,(H,16,17). The molecular formula is C13H21NO3. The molecule has 4 heteroatoms. The number of carboxylic acid groups (broad SMARTS) is 1. The average Bonchev–Trinajstić information content (AvgIpc) is 2.25. The van der Waals surface area contributed by atoms with Crippen LogP contribution in [0.25, 0.3) is 0 Å². The van der Waals surface area contributed by atoms with Crippen molar-refractivity contribution < 1.29 is 14.7 Å². The Labute approximate surface area is 102 Å². The predicted octanol–water partition coefficient (Wildman–Crippen LogP) is 2.20. The summed E-state index contributed by atoms with van der Waals surface area (Å²) in [5.41, 5.74) is 0.509. The SMILES string of the molecule is CC(C(=O)O)=C(C)C(=O)N1CCCCCCC1. The highest BCUT2D eigenvalue weighted by Gasteiger charge is 2.19. The van der Waals surface area contributed by atoms with Crippen molar-refractivity contribution in [1.29, 1.82) is 0 Å².